The summed E-state index contributed by atoms with van der Waals surface area (Å²) in [6.07, 6.45) is 1.90. The van der Waals surface area contributed by atoms with E-state index in [1.165, 1.54) is 0 Å². The Morgan fingerprint density at radius 3 is 2.76 bits per heavy atom. The van der Waals surface area contributed by atoms with Crippen molar-refractivity contribution in [3.63, 3.8) is 0 Å². The second-order valence-corrected chi connectivity index (χ2v) is 5.70. The lowest BCUT2D eigenvalue weighted by Crippen LogP contribution is -2.15. The first-order chi connectivity index (χ1) is 10.2. The lowest BCUT2D eigenvalue weighted by Gasteiger charge is -2.18. The molecular formula is C15H12BrN3O2. The molecule has 0 radical (unpaired) electrons. The highest BCUT2D eigenvalue weighted by Gasteiger charge is 2.16. The van der Waals surface area contributed by atoms with E-state index in [1.807, 2.05) is 40.9 Å². The zero-order valence-corrected chi connectivity index (χ0v) is 12.6. The summed E-state index contributed by atoms with van der Waals surface area (Å²) < 4.78 is 14.0. The zero-order chi connectivity index (χ0) is 14.4. The third-order valence-corrected chi connectivity index (χ3v) is 3.90. The Bertz CT molecular complexity index is 844. The standard InChI is InChI=1S/C15H12BrN3O2/c16-10-2-4-13-18-14(15(17)19(13)8-10)9-1-3-11-12(7-9)21-6-5-20-11/h1-4,7-8H,5-6,17H2. The van der Waals surface area contributed by atoms with E-state index < -0.39 is 0 Å². The van der Waals surface area contributed by atoms with Crippen LogP contribution < -0.4 is 15.2 Å². The molecule has 21 heavy (non-hydrogen) atoms. The Kier molecular flexibility index (Phi) is 2.78. The highest BCUT2D eigenvalue weighted by Crippen LogP contribution is 2.36. The van der Waals surface area contributed by atoms with Crippen molar-refractivity contribution in [2.75, 3.05) is 18.9 Å². The lowest BCUT2D eigenvalue weighted by molar-refractivity contribution is 0.171. The fourth-order valence-electron chi connectivity index (χ4n) is 2.44. The van der Waals surface area contributed by atoms with Crippen molar-refractivity contribution in [3.05, 3.63) is 41.0 Å². The maximum atomic E-state index is 6.22. The minimum atomic E-state index is 0.560. The van der Waals surface area contributed by atoms with Gasteiger partial charge >= 0.3 is 0 Å². The molecule has 1 aliphatic rings. The van der Waals surface area contributed by atoms with Crippen molar-refractivity contribution in [2.24, 2.45) is 0 Å². The molecule has 1 aromatic carbocycles. The number of ether oxygens (including phenoxy) is 2. The number of hydrogen-bond acceptors (Lipinski definition) is 4. The van der Waals surface area contributed by atoms with Gasteiger partial charge in [-0.15, -0.1) is 0 Å². The van der Waals surface area contributed by atoms with Crippen molar-refractivity contribution < 1.29 is 9.47 Å². The molecule has 4 rings (SSSR count). The summed E-state index contributed by atoms with van der Waals surface area (Å²) in [6.45, 7) is 1.14. The number of aromatic nitrogens is 2. The number of hydrogen-bond donors (Lipinski definition) is 1. The maximum Gasteiger partial charge on any atom is 0.162 e. The van der Waals surface area contributed by atoms with Crippen LogP contribution in [0.15, 0.2) is 41.0 Å². The average molecular weight is 346 g/mol. The van der Waals surface area contributed by atoms with Crippen LogP contribution in [0.2, 0.25) is 0 Å². The van der Waals surface area contributed by atoms with Crippen molar-refractivity contribution in [2.45, 2.75) is 0 Å². The van der Waals surface area contributed by atoms with E-state index in [2.05, 4.69) is 20.9 Å². The maximum absolute atomic E-state index is 6.22. The number of imidazole rings is 1. The van der Waals surface area contributed by atoms with Gasteiger partial charge in [0.05, 0.1) is 0 Å². The second-order valence-electron chi connectivity index (χ2n) is 4.78. The Morgan fingerprint density at radius 2 is 1.90 bits per heavy atom. The van der Waals surface area contributed by atoms with Crippen LogP contribution in [0.25, 0.3) is 16.9 Å². The van der Waals surface area contributed by atoms with Crippen LogP contribution in [-0.2, 0) is 0 Å². The SMILES string of the molecule is Nc1c(-c2ccc3c(c2)OCCO3)nc2ccc(Br)cn12. The number of halogens is 1. The molecule has 0 amide bonds. The number of benzene rings is 1. The number of anilines is 1. The van der Waals surface area contributed by atoms with E-state index in [1.54, 1.807) is 0 Å². The number of nitrogens with zero attached hydrogens (tertiary/aromatic N) is 2. The van der Waals surface area contributed by atoms with E-state index in [9.17, 15) is 0 Å². The van der Waals surface area contributed by atoms with Crippen molar-refractivity contribution in [3.8, 4) is 22.8 Å². The lowest BCUT2D eigenvalue weighted by atomic mass is 10.1. The summed E-state index contributed by atoms with van der Waals surface area (Å²) in [5, 5.41) is 0. The molecular weight excluding hydrogens is 334 g/mol. The van der Waals surface area contributed by atoms with Crippen molar-refractivity contribution >= 4 is 27.4 Å². The number of nitrogen functional groups attached to an aromatic ring is 1. The largest absolute Gasteiger partial charge is 0.486 e. The summed E-state index contributed by atoms with van der Waals surface area (Å²) in [5.74, 6) is 2.09. The number of fused-ring (bicyclic) bond motifs is 2. The molecule has 0 saturated carbocycles. The molecule has 0 aliphatic carbocycles. The summed E-state index contributed by atoms with van der Waals surface area (Å²) >= 11 is 3.44. The second kappa shape index (κ2) is 4.66. The first-order valence-electron chi connectivity index (χ1n) is 6.55. The Labute approximate surface area is 129 Å². The molecule has 0 saturated heterocycles. The van der Waals surface area contributed by atoms with E-state index in [0.717, 1.165) is 32.9 Å². The summed E-state index contributed by atoms with van der Waals surface area (Å²) in [7, 11) is 0. The first-order valence-corrected chi connectivity index (χ1v) is 7.35. The fraction of sp³-hybridized carbons (Fsp3) is 0.133. The molecule has 0 fully saturated rings. The van der Waals surface area contributed by atoms with E-state index in [4.69, 9.17) is 15.2 Å². The number of nitrogens with two attached hydrogens (primary N) is 1. The predicted molar refractivity (Wildman–Crippen MR) is 83.7 cm³/mol. The minimum Gasteiger partial charge on any atom is -0.486 e. The molecule has 0 unspecified atom stereocenters. The van der Waals surface area contributed by atoms with Gasteiger partial charge in [0.25, 0.3) is 0 Å². The first kappa shape index (κ1) is 12.5. The monoisotopic (exact) mass is 345 g/mol. The van der Waals surface area contributed by atoms with E-state index in [-0.39, 0.29) is 0 Å². The summed E-state index contributed by atoms with van der Waals surface area (Å²) in [4.78, 5) is 4.59. The molecule has 1 aliphatic heterocycles. The van der Waals surface area contributed by atoms with Crippen LogP contribution in [0.1, 0.15) is 0 Å². The fourth-order valence-corrected chi connectivity index (χ4v) is 2.78. The third kappa shape index (κ3) is 2.03. The molecule has 106 valence electrons. The van der Waals surface area contributed by atoms with Gasteiger partial charge in [0, 0.05) is 16.2 Å². The Hall–Kier alpha value is -2.21. The molecule has 6 heteroatoms. The Balaban J connectivity index is 1.88. The molecule has 5 nitrogen and oxygen atoms in total. The van der Waals surface area contributed by atoms with Crippen LogP contribution in [0.3, 0.4) is 0 Å². The van der Waals surface area contributed by atoms with Gasteiger partial charge in [-0.25, -0.2) is 4.98 Å². The van der Waals surface area contributed by atoms with Gasteiger partial charge < -0.3 is 15.2 Å². The topological polar surface area (TPSA) is 61.8 Å². The summed E-state index contributed by atoms with van der Waals surface area (Å²) in [6, 6.07) is 9.61. The van der Waals surface area contributed by atoms with Gasteiger partial charge in [0.1, 0.15) is 30.4 Å². The zero-order valence-electron chi connectivity index (χ0n) is 11.0. The molecule has 2 N–H and O–H groups in total. The van der Waals surface area contributed by atoms with Gasteiger partial charge in [0.2, 0.25) is 0 Å². The smallest absolute Gasteiger partial charge is 0.162 e. The van der Waals surface area contributed by atoms with E-state index in [0.29, 0.717) is 19.0 Å². The quantitative estimate of drug-likeness (QED) is 0.736. The molecule has 0 spiro atoms. The van der Waals surface area contributed by atoms with Crippen molar-refractivity contribution in [1.29, 1.82) is 0 Å². The molecule has 2 aromatic heterocycles. The molecule has 0 atom stereocenters. The molecule has 3 heterocycles. The van der Waals surface area contributed by atoms with Crippen molar-refractivity contribution in [1.82, 2.24) is 9.38 Å². The highest BCUT2D eigenvalue weighted by atomic mass is 79.9. The molecule has 3 aromatic rings. The average Bonchev–Trinajstić information content (AvgIpc) is 2.84. The number of rotatable bonds is 1. The predicted octanol–water partition coefficient (Wildman–Crippen LogP) is 3.12. The normalized spacial score (nSPS) is 13.6. The number of pyridine rings is 1. The van der Waals surface area contributed by atoms with Crippen LogP contribution >= 0.6 is 15.9 Å². The van der Waals surface area contributed by atoms with Crippen LogP contribution in [0.5, 0.6) is 11.5 Å². The van der Waals surface area contributed by atoms with Gasteiger partial charge in [-0.05, 0) is 46.3 Å². The van der Waals surface area contributed by atoms with Crippen LogP contribution in [0, 0.1) is 0 Å². The van der Waals surface area contributed by atoms with E-state index >= 15 is 0 Å². The highest BCUT2D eigenvalue weighted by molar-refractivity contribution is 9.10. The molecule has 0 bridgehead atoms. The van der Waals surface area contributed by atoms with Gasteiger partial charge in [-0.3, -0.25) is 4.40 Å². The van der Waals surface area contributed by atoms with Gasteiger partial charge in [-0.1, -0.05) is 0 Å². The summed E-state index contributed by atoms with van der Waals surface area (Å²) in [5.41, 5.74) is 8.68. The van der Waals surface area contributed by atoms with Crippen LogP contribution in [0.4, 0.5) is 5.82 Å². The van der Waals surface area contributed by atoms with Crippen LogP contribution in [-0.4, -0.2) is 22.6 Å². The van der Waals surface area contributed by atoms with Gasteiger partial charge in [0.15, 0.2) is 11.5 Å². The Morgan fingerprint density at radius 1 is 1.10 bits per heavy atom. The third-order valence-electron chi connectivity index (χ3n) is 3.43. The minimum absolute atomic E-state index is 0.560. The van der Waals surface area contributed by atoms with Gasteiger partial charge in [-0.2, -0.15) is 0 Å².